The molecular formula is C11H8BrNO. The van der Waals surface area contributed by atoms with E-state index in [0.29, 0.717) is 6.41 Å². The van der Waals surface area contributed by atoms with Gasteiger partial charge in [-0.2, -0.15) is 0 Å². The number of benzene rings is 2. The van der Waals surface area contributed by atoms with Gasteiger partial charge in [-0.3, -0.25) is 4.79 Å². The quantitative estimate of drug-likeness (QED) is 0.815. The van der Waals surface area contributed by atoms with Crippen LogP contribution in [-0.2, 0) is 4.79 Å². The standard InChI is InChI=1S/C11H8BrNO/c12-10-5-1-4-9-8(10)3-2-6-11(9)13-7-14/h1-7H,(H,13,14). The van der Waals surface area contributed by atoms with Crippen LogP contribution in [0.3, 0.4) is 0 Å². The summed E-state index contributed by atoms with van der Waals surface area (Å²) in [6, 6.07) is 11.7. The Morgan fingerprint density at radius 1 is 1.07 bits per heavy atom. The monoisotopic (exact) mass is 249 g/mol. The minimum Gasteiger partial charge on any atom is -0.328 e. The summed E-state index contributed by atoms with van der Waals surface area (Å²) in [6.45, 7) is 0. The summed E-state index contributed by atoms with van der Waals surface area (Å²) in [5.74, 6) is 0. The Morgan fingerprint density at radius 2 is 1.79 bits per heavy atom. The topological polar surface area (TPSA) is 29.1 Å². The Labute approximate surface area is 90.1 Å². The van der Waals surface area contributed by atoms with E-state index in [-0.39, 0.29) is 0 Å². The number of hydrogen-bond donors (Lipinski definition) is 1. The Kier molecular flexibility index (Phi) is 2.50. The van der Waals surface area contributed by atoms with Crippen molar-refractivity contribution >= 4 is 38.8 Å². The van der Waals surface area contributed by atoms with Crippen molar-refractivity contribution < 1.29 is 4.79 Å². The van der Waals surface area contributed by atoms with Gasteiger partial charge in [-0.1, -0.05) is 40.2 Å². The van der Waals surface area contributed by atoms with Gasteiger partial charge in [0.05, 0.1) is 0 Å². The van der Waals surface area contributed by atoms with Crippen molar-refractivity contribution in [3.8, 4) is 0 Å². The number of halogens is 1. The lowest BCUT2D eigenvalue weighted by atomic mass is 10.1. The molecule has 1 amide bonds. The van der Waals surface area contributed by atoms with E-state index in [1.807, 2.05) is 36.4 Å². The highest BCUT2D eigenvalue weighted by Gasteiger charge is 2.01. The zero-order chi connectivity index (χ0) is 9.97. The number of hydrogen-bond acceptors (Lipinski definition) is 1. The first kappa shape index (κ1) is 9.21. The Balaban J connectivity index is 2.74. The van der Waals surface area contributed by atoms with Gasteiger partial charge in [0.25, 0.3) is 0 Å². The molecule has 14 heavy (non-hydrogen) atoms. The van der Waals surface area contributed by atoms with Crippen molar-refractivity contribution in [1.29, 1.82) is 0 Å². The van der Waals surface area contributed by atoms with Crippen molar-refractivity contribution in [3.63, 3.8) is 0 Å². The van der Waals surface area contributed by atoms with E-state index in [2.05, 4.69) is 21.2 Å². The SMILES string of the molecule is O=CNc1cccc2c(Br)cccc12. The molecule has 0 bridgehead atoms. The van der Waals surface area contributed by atoms with Crippen LogP contribution in [0.2, 0.25) is 0 Å². The summed E-state index contributed by atoms with van der Waals surface area (Å²) in [6.07, 6.45) is 0.690. The van der Waals surface area contributed by atoms with Gasteiger partial charge in [0.2, 0.25) is 6.41 Å². The maximum atomic E-state index is 10.4. The van der Waals surface area contributed by atoms with Gasteiger partial charge in [0, 0.05) is 15.5 Å². The molecule has 0 aromatic heterocycles. The zero-order valence-electron chi connectivity index (χ0n) is 7.33. The van der Waals surface area contributed by atoms with Crippen LogP contribution >= 0.6 is 15.9 Å². The summed E-state index contributed by atoms with van der Waals surface area (Å²) in [7, 11) is 0. The van der Waals surface area contributed by atoms with Crippen molar-refractivity contribution in [2.75, 3.05) is 5.32 Å². The largest absolute Gasteiger partial charge is 0.328 e. The second-order valence-electron chi connectivity index (χ2n) is 2.90. The third-order valence-electron chi connectivity index (χ3n) is 2.08. The maximum absolute atomic E-state index is 10.4. The number of amides is 1. The molecule has 0 aliphatic carbocycles. The predicted octanol–water partition coefficient (Wildman–Crippen LogP) is 3.17. The zero-order valence-corrected chi connectivity index (χ0v) is 8.91. The highest BCUT2D eigenvalue weighted by atomic mass is 79.9. The molecule has 0 unspecified atom stereocenters. The lowest BCUT2D eigenvalue weighted by Gasteiger charge is -2.05. The van der Waals surface area contributed by atoms with Crippen molar-refractivity contribution in [1.82, 2.24) is 0 Å². The second kappa shape index (κ2) is 3.80. The van der Waals surface area contributed by atoms with Gasteiger partial charge in [0.15, 0.2) is 0 Å². The van der Waals surface area contributed by atoms with Crippen LogP contribution < -0.4 is 5.32 Å². The molecule has 70 valence electrons. The molecule has 2 aromatic carbocycles. The highest BCUT2D eigenvalue weighted by molar-refractivity contribution is 9.10. The molecule has 2 rings (SSSR count). The third kappa shape index (κ3) is 1.51. The summed E-state index contributed by atoms with van der Waals surface area (Å²) >= 11 is 3.47. The molecule has 0 saturated carbocycles. The summed E-state index contributed by atoms with van der Waals surface area (Å²) in [4.78, 5) is 10.4. The van der Waals surface area contributed by atoms with Crippen molar-refractivity contribution in [2.45, 2.75) is 0 Å². The molecule has 2 aromatic rings. The number of carbonyl (C=O) groups excluding carboxylic acids is 1. The molecule has 0 aliphatic heterocycles. The fourth-order valence-corrected chi connectivity index (χ4v) is 1.96. The maximum Gasteiger partial charge on any atom is 0.211 e. The van der Waals surface area contributed by atoms with Crippen molar-refractivity contribution in [2.24, 2.45) is 0 Å². The van der Waals surface area contributed by atoms with E-state index in [1.54, 1.807) is 0 Å². The predicted molar refractivity (Wildman–Crippen MR) is 61.3 cm³/mol. The van der Waals surface area contributed by atoms with Crippen LogP contribution in [0.5, 0.6) is 0 Å². The molecule has 0 heterocycles. The number of fused-ring (bicyclic) bond motifs is 1. The van der Waals surface area contributed by atoms with Gasteiger partial charge in [-0.25, -0.2) is 0 Å². The summed E-state index contributed by atoms with van der Waals surface area (Å²) in [5.41, 5.74) is 0.832. The number of nitrogens with one attached hydrogen (secondary N) is 1. The average Bonchev–Trinajstić information content (AvgIpc) is 2.20. The number of rotatable bonds is 2. The minimum absolute atomic E-state index is 0.690. The van der Waals surface area contributed by atoms with Crippen LogP contribution in [0.15, 0.2) is 40.9 Å². The lowest BCUT2D eigenvalue weighted by Crippen LogP contribution is -1.94. The molecule has 0 saturated heterocycles. The normalized spacial score (nSPS) is 10.1. The second-order valence-corrected chi connectivity index (χ2v) is 3.76. The van der Waals surface area contributed by atoms with E-state index < -0.39 is 0 Å². The minimum atomic E-state index is 0.690. The molecule has 1 N–H and O–H groups in total. The smallest absolute Gasteiger partial charge is 0.211 e. The first-order valence-electron chi connectivity index (χ1n) is 4.20. The number of anilines is 1. The lowest BCUT2D eigenvalue weighted by molar-refractivity contribution is -0.105. The fraction of sp³-hybridized carbons (Fsp3) is 0. The van der Waals surface area contributed by atoms with Gasteiger partial charge < -0.3 is 5.32 Å². The Hall–Kier alpha value is -1.35. The number of carbonyl (C=O) groups is 1. The van der Waals surface area contributed by atoms with Gasteiger partial charge in [0.1, 0.15) is 0 Å². The van der Waals surface area contributed by atoms with Crippen molar-refractivity contribution in [3.05, 3.63) is 40.9 Å². The van der Waals surface area contributed by atoms with Gasteiger partial charge >= 0.3 is 0 Å². The molecule has 3 heteroatoms. The van der Waals surface area contributed by atoms with E-state index >= 15 is 0 Å². The van der Waals surface area contributed by atoms with E-state index in [0.717, 1.165) is 20.9 Å². The first-order valence-corrected chi connectivity index (χ1v) is 4.99. The van der Waals surface area contributed by atoms with Gasteiger partial charge in [-0.15, -0.1) is 0 Å². The van der Waals surface area contributed by atoms with Crippen LogP contribution in [0.1, 0.15) is 0 Å². The molecule has 0 fully saturated rings. The molecular weight excluding hydrogens is 242 g/mol. The molecule has 0 radical (unpaired) electrons. The summed E-state index contributed by atoms with van der Waals surface area (Å²) in [5, 5.41) is 4.81. The fourth-order valence-electron chi connectivity index (χ4n) is 1.46. The van der Waals surface area contributed by atoms with E-state index in [9.17, 15) is 4.79 Å². The molecule has 2 nitrogen and oxygen atoms in total. The highest BCUT2D eigenvalue weighted by Crippen LogP contribution is 2.28. The van der Waals surface area contributed by atoms with E-state index in [4.69, 9.17) is 0 Å². The first-order chi connectivity index (χ1) is 6.83. The Morgan fingerprint density at radius 3 is 2.57 bits per heavy atom. The third-order valence-corrected chi connectivity index (χ3v) is 2.77. The van der Waals surface area contributed by atoms with Crippen LogP contribution in [0.4, 0.5) is 5.69 Å². The van der Waals surface area contributed by atoms with Crippen LogP contribution in [0, 0.1) is 0 Å². The summed E-state index contributed by atoms with van der Waals surface area (Å²) < 4.78 is 1.03. The molecule has 0 aliphatic rings. The molecule has 0 spiro atoms. The van der Waals surface area contributed by atoms with Crippen LogP contribution in [0.25, 0.3) is 10.8 Å². The van der Waals surface area contributed by atoms with E-state index in [1.165, 1.54) is 0 Å². The average molecular weight is 250 g/mol. The van der Waals surface area contributed by atoms with Gasteiger partial charge in [-0.05, 0) is 17.5 Å². The van der Waals surface area contributed by atoms with Crippen LogP contribution in [-0.4, -0.2) is 6.41 Å². The Bertz CT molecular complexity index is 482. The molecule has 0 atom stereocenters.